The first kappa shape index (κ1) is 15.9. The topological polar surface area (TPSA) is 78.0 Å². The Bertz CT molecular complexity index is 967. The van der Waals surface area contributed by atoms with Crippen LogP contribution in [0.5, 0.6) is 0 Å². The molecule has 0 spiro atoms. The maximum absolute atomic E-state index is 11.4. The van der Waals surface area contributed by atoms with Crippen molar-refractivity contribution >= 4 is 21.4 Å². The number of hydrogen-bond donors (Lipinski definition) is 1. The molecule has 0 radical (unpaired) electrons. The van der Waals surface area contributed by atoms with Gasteiger partial charge in [0.05, 0.1) is 15.6 Å². The number of thiazole rings is 1. The maximum atomic E-state index is 11.4. The summed E-state index contributed by atoms with van der Waals surface area (Å²) in [5.41, 5.74) is 5.07. The number of aryl methyl sites for hydroxylation is 2. The number of sulfonamides is 1. The van der Waals surface area contributed by atoms with E-state index in [9.17, 15) is 8.42 Å². The third-order valence-corrected chi connectivity index (χ3v) is 5.45. The van der Waals surface area contributed by atoms with Crippen LogP contribution in [0, 0.1) is 20.8 Å². The first-order valence-electron chi connectivity index (χ1n) is 7.02. The zero-order chi connectivity index (χ0) is 16.8. The van der Waals surface area contributed by atoms with Gasteiger partial charge in [0.2, 0.25) is 10.0 Å². The van der Waals surface area contributed by atoms with Crippen molar-refractivity contribution in [3.8, 4) is 16.9 Å². The molecule has 0 amide bonds. The van der Waals surface area contributed by atoms with Gasteiger partial charge in [0.15, 0.2) is 0 Å². The lowest BCUT2D eigenvalue weighted by Gasteiger charge is -2.10. The molecule has 3 aromatic rings. The van der Waals surface area contributed by atoms with E-state index in [1.807, 2.05) is 26.2 Å². The molecule has 0 unspecified atom stereocenters. The quantitative estimate of drug-likeness (QED) is 0.790. The lowest BCUT2D eigenvalue weighted by atomic mass is 10.2. The van der Waals surface area contributed by atoms with Crippen molar-refractivity contribution in [2.45, 2.75) is 25.7 Å². The van der Waals surface area contributed by atoms with Crippen molar-refractivity contribution < 1.29 is 8.42 Å². The van der Waals surface area contributed by atoms with Gasteiger partial charge in [-0.3, -0.25) is 0 Å². The average molecular weight is 347 g/mol. The van der Waals surface area contributed by atoms with E-state index in [-0.39, 0.29) is 4.90 Å². The average Bonchev–Trinajstić information content (AvgIpc) is 3.02. The number of nitrogens with zero attached hydrogens (tertiary/aromatic N) is 2. The van der Waals surface area contributed by atoms with Crippen molar-refractivity contribution in [1.29, 1.82) is 0 Å². The van der Waals surface area contributed by atoms with E-state index in [1.54, 1.807) is 23.5 Å². The highest BCUT2D eigenvalue weighted by Crippen LogP contribution is 2.30. The van der Waals surface area contributed by atoms with Crippen LogP contribution in [0.2, 0.25) is 0 Å². The van der Waals surface area contributed by atoms with Gasteiger partial charge in [-0.2, -0.15) is 0 Å². The number of nitrogens with two attached hydrogens (primary N) is 1. The molecule has 0 atom stereocenters. The molecule has 3 rings (SSSR count). The maximum Gasteiger partial charge on any atom is 0.238 e. The summed E-state index contributed by atoms with van der Waals surface area (Å²) in [6, 6.07) is 8.66. The minimum atomic E-state index is -3.67. The minimum absolute atomic E-state index is 0.110. The number of primary sulfonamides is 1. The second-order valence-electron chi connectivity index (χ2n) is 5.41. The number of aromatic nitrogens is 2. The van der Waals surface area contributed by atoms with Gasteiger partial charge in [0, 0.05) is 28.0 Å². The van der Waals surface area contributed by atoms with Crippen molar-refractivity contribution in [3.05, 3.63) is 52.1 Å². The number of rotatable bonds is 3. The lowest BCUT2D eigenvalue weighted by molar-refractivity contribution is 0.598. The predicted octanol–water partition coefficient (Wildman–Crippen LogP) is 3.17. The molecule has 120 valence electrons. The fourth-order valence-electron chi connectivity index (χ4n) is 2.69. The van der Waals surface area contributed by atoms with Crippen molar-refractivity contribution in [2.24, 2.45) is 5.14 Å². The molecule has 0 saturated carbocycles. The molecule has 7 heteroatoms. The number of benzene rings is 1. The molecule has 0 fully saturated rings. The van der Waals surface area contributed by atoms with E-state index in [2.05, 4.69) is 15.6 Å². The summed E-state index contributed by atoms with van der Waals surface area (Å²) in [6.45, 7) is 6.03. The molecule has 5 nitrogen and oxygen atoms in total. The molecule has 2 N–H and O–H groups in total. The monoisotopic (exact) mass is 347 g/mol. The zero-order valence-corrected chi connectivity index (χ0v) is 14.7. The number of hydrogen-bond acceptors (Lipinski definition) is 4. The fourth-order valence-corrected chi connectivity index (χ4v) is 3.82. The van der Waals surface area contributed by atoms with Crippen LogP contribution in [0.4, 0.5) is 0 Å². The Morgan fingerprint density at radius 2 is 1.78 bits per heavy atom. The summed E-state index contributed by atoms with van der Waals surface area (Å²) in [4.78, 5) is 4.66. The van der Waals surface area contributed by atoms with Crippen molar-refractivity contribution in [2.75, 3.05) is 0 Å². The molecule has 23 heavy (non-hydrogen) atoms. The minimum Gasteiger partial charge on any atom is -0.318 e. The van der Waals surface area contributed by atoms with Gasteiger partial charge < -0.3 is 4.57 Å². The Hall–Kier alpha value is -1.96. The zero-order valence-electron chi connectivity index (χ0n) is 13.1. The van der Waals surface area contributed by atoms with E-state index >= 15 is 0 Å². The van der Waals surface area contributed by atoms with Crippen molar-refractivity contribution in [1.82, 2.24) is 9.55 Å². The summed E-state index contributed by atoms with van der Waals surface area (Å²) in [5.74, 6) is 0. The van der Waals surface area contributed by atoms with E-state index in [1.165, 1.54) is 12.1 Å². The predicted molar refractivity (Wildman–Crippen MR) is 92.5 cm³/mol. The third-order valence-electron chi connectivity index (χ3n) is 3.75. The highest BCUT2D eigenvalue weighted by Gasteiger charge is 2.15. The molecule has 0 aliphatic rings. The summed E-state index contributed by atoms with van der Waals surface area (Å²) in [5, 5.41) is 8.22. The highest BCUT2D eigenvalue weighted by molar-refractivity contribution is 7.89. The van der Waals surface area contributed by atoms with Crippen LogP contribution in [0.15, 0.2) is 40.6 Å². The first-order valence-corrected chi connectivity index (χ1v) is 9.44. The summed E-state index contributed by atoms with van der Waals surface area (Å²) < 4.78 is 24.8. The molecular formula is C16H17N3O2S2. The second-order valence-corrected chi connectivity index (χ2v) is 8.03. The SMILES string of the molecule is Cc1nc(-c2cc(C)n(-c3ccc(S(N)(=O)=O)cc3)c2C)cs1. The van der Waals surface area contributed by atoms with Gasteiger partial charge in [0.25, 0.3) is 0 Å². The molecule has 2 aromatic heterocycles. The van der Waals surface area contributed by atoms with Crippen LogP contribution in [-0.4, -0.2) is 18.0 Å². The van der Waals surface area contributed by atoms with Gasteiger partial charge in [-0.05, 0) is 51.1 Å². The van der Waals surface area contributed by atoms with Crippen LogP contribution in [0.3, 0.4) is 0 Å². The Kier molecular flexibility index (Phi) is 3.87. The standard InChI is InChI=1S/C16H17N3O2S2/c1-10-8-15(16-9-22-12(3)18-16)11(2)19(10)13-4-6-14(7-5-13)23(17,20)21/h4-9H,1-3H3,(H2,17,20,21). The Morgan fingerprint density at radius 3 is 2.30 bits per heavy atom. The van der Waals surface area contributed by atoms with Crippen LogP contribution < -0.4 is 5.14 Å². The third kappa shape index (κ3) is 2.95. The molecule has 2 heterocycles. The van der Waals surface area contributed by atoms with E-state index < -0.39 is 10.0 Å². The van der Waals surface area contributed by atoms with Gasteiger partial charge >= 0.3 is 0 Å². The van der Waals surface area contributed by atoms with E-state index in [0.717, 1.165) is 33.3 Å². The smallest absolute Gasteiger partial charge is 0.238 e. The summed E-state index contributed by atoms with van der Waals surface area (Å²) >= 11 is 1.62. The molecule has 0 bridgehead atoms. The van der Waals surface area contributed by atoms with Gasteiger partial charge in [-0.1, -0.05) is 0 Å². The molecule has 0 aliphatic carbocycles. The van der Waals surface area contributed by atoms with Crippen LogP contribution in [0.1, 0.15) is 16.4 Å². The normalized spacial score (nSPS) is 11.8. The fraction of sp³-hybridized carbons (Fsp3) is 0.188. The van der Waals surface area contributed by atoms with E-state index in [0.29, 0.717) is 0 Å². The summed E-state index contributed by atoms with van der Waals surface area (Å²) in [7, 11) is -3.67. The van der Waals surface area contributed by atoms with Gasteiger partial charge in [-0.15, -0.1) is 11.3 Å². The Balaban J connectivity index is 2.09. The van der Waals surface area contributed by atoms with Crippen LogP contribution >= 0.6 is 11.3 Å². The first-order chi connectivity index (χ1) is 10.8. The largest absolute Gasteiger partial charge is 0.318 e. The second kappa shape index (κ2) is 5.59. The van der Waals surface area contributed by atoms with Crippen LogP contribution in [0.25, 0.3) is 16.9 Å². The molecular weight excluding hydrogens is 330 g/mol. The molecule has 1 aromatic carbocycles. The van der Waals surface area contributed by atoms with Crippen molar-refractivity contribution in [3.63, 3.8) is 0 Å². The highest BCUT2D eigenvalue weighted by atomic mass is 32.2. The van der Waals surface area contributed by atoms with Gasteiger partial charge in [-0.25, -0.2) is 18.5 Å². The Labute approximate surface area is 139 Å². The summed E-state index contributed by atoms with van der Waals surface area (Å²) in [6.07, 6.45) is 0. The molecule has 0 saturated heterocycles. The van der Waals surface area contributed by atoms with Crippen LogP contribution in [-0.2, 0) is 10.0 Å². The van der Waals surface area contributed by atoms with Gasteiger partial charge in [0.1, 0.15) is 0 Å². The lowest BCUT2D eigenvalue weighted by Crippen LogP contribution is -2.12. The van der Waals surface area contributed by atoms with E-state index in [4.69, 9.17) is 5.14 Å². The Morgan fingerprint density at radius 1 is 1.13 bits per heavy atom. The molecule has 0 aliphatic heterocycles.